The van der Waals surface area contributed by atoms with Gasteiger partial charge in [0.25, 0.3) is 0 Å². The van der Waals surface area contributed by atoms with E-state index >= 15 is 0 Å². The molecule has 0 saturated heterocycles. The number of aromatic nitrogens is 2. The maximum atomic E-state index is 12.5. The molecule has 162 valence electrons. The number of hydrogen-bond donors (Lipinski definition) is 4. The fourth-order valence-corrected chi connectivity index (χ4v) is 3.76. The van der Waals surface area contributed by atoms with Crippen molar-refractivity contribution < 1.29 is 9.90 Å². The number of nitrogens with zero attached hydrogens (tertiary/aromatic N) is 2. The average molecular weight is 448 g/mol. The Hall–Kier alpha value is -3.68. The van der Waals surface area contributed by atoms with Crippen molar-refractivity contribution in [1.29, 1.82) is 0 Å². The Bertz CT molecular complexity index is 1320. The Labute approximate surface area is 190 Å². The van der Waals surface area contributed by atoms with Crippen LogP contribution in [0.2, 0.25) is 5.02 Å². The van der Waals surface area contributed by atoms with E-state index in [2.05, 4.69) is 20.6 Å². The van der Waals surface area contributed by atoms with Gasteiger partial charge in [0.05, 0.1) is 27.9 Å². The van der Waals surface area contributed by atoms with Crippen LogP contribution < -0.4 is 16.4 Å². The second-order valence-corrected chi connectivity index (χ2v) is 7.88. The van der Waals surface area contributed by atoms with Crippen molar-refractivity contribution in [1.82, 2.24) is 9.97 Å². The van der Waals surface area contributed by atoms with E-state index in [1.54, 1.807) is 18.2 Å². The predicted molar refractivity (Wildman–Crippen MR) is 128 cm³/mol. The highest BCUT2D eigenvalue weighted by Gasteiger charge is 2.12. The van der Waals surface area contributed by atoms with Crippen LogP contribution in [0.3, 0.4) is 0 Å². The number of aromatic hydroxyl groups is 1. The number of phenols is 1. The Kier molecular flexibility index (Phi) is 5.94. The third-order valence-corrected chi connectivity index (χ3v) is 5.48. The van der Waals surface area contributed by atoms with Crippen LogP contribution in [0.25, 0.3) is 22.2 Å². The van der Waals surface area contributed by atoms with E-state index in [0.717, 1.165) is 27.8 Å². The number of carbonyl (C=O) groups excluding carboxylic acids is 1. The molecule has 7 nitrogen and oxygen atoms in total. The lowest BCUT2D eigenvalue weighted by molar-refractivity contribution is 0.262. The topological polar surface area (TPSA) is 113 Å². The Morgan fingerprint density at radius 1 is 1.03 bits per heavy atom. The number of amides is 2. The van der Waals surface area contributed by atoms with Crippen LogP contribution in [0, 0.1) is 13.8 Å². The molecule has 5 N–H and O–H groups in total. The standard InChI is InChI=1S/C24H22ClN5O2/c1-13-8-17(9-14(2)23(13)31)15-6-7-19-20(10-15)28-21(12-27-19)29-24(32)30-22-16(11-26)4-3-5-18(22)25/h3-10,12,31H,11,26H2,1-2H3,(H2,28,29,30,32). The number of phenolic OH excluding ortho intramolecular Hbond substituents is 1. The minimum absolute atomic E-state index is 0.241. The number of fused-ring (bicyclic) bond motifs is 1. The molecule has 4 aromatic rings. The monoisotopic (exact) mass is 447 g/mol. The number of benzene rings is 3. The molecule has 0 atom stereocenters. The number of carbonyl (C=O) groups is 1. The Morgan fingerprint density at radius 3 is 2.50 bits per heavy atom. The van der Waals surface area contributed by atoms with Crippen molar-refractivity contribution in [3.05, 3.63) is 76.4 Å². The van der Waals surface area contributed by atoms with Crippen molar-refractivity contribution in [3.63, 3.8) is 0 Å². The zero-order chi connectivity index (χ0) is 22.8. The smallest absolute Gasteiger partial charge is 0.324 e. The van der Waals surface area contributed by atoms with Crippen molar-refractivity contribution in [3.8, 4) is 16.9 Å². The lowest BCUT2D eigenvalue weighted by Gasteiger charge is -2.12. The van der Waals surface area contributed by atoms with E-state index in [9.17, 15) is 9.90 Å². The molecule has 0 aliphatic carbocycles. The summed E-state index contributed by atoms with van der Waals surface area (Å²) in [5.41, 5.74) is 11.7. The van der Waals surface area contributed by atoms with Gasteiger partial charge in [-0.1, -0.05) is 29.8 Å². The fourth-order valence-electron chi connectivity index (χ4n) is 3.51. The summed E-state index contributed by atoms with van der Waals surface area (Å²) in [6, 6.07) is 14.3. The molecule has 0 aliphatic heterocycles. The first-order valence-corrected chi connectivity index (χ1v) is 10.4. The molecule has 0 saturated carbocycles. The Morgan fingerprint density at radius 2 is 1.78 bits per heavy atom. The van der Waals surface area contributed by atoms with Gasteiger partial charge in [0.1, 0.15) is 5.75 Å². The van der Waals surface area contributed by atoms with Gasteiger partial charge in [0, 0.05) is 6.54 Å². The maximum absolute atomic E-state index is 12.5. The summed E-state index contributed by atoms with van der Waals surface area (Å²) < 4.78 is 0. The number of hydrogen-bond acceptors (Lipinski definition) is 5. The first-order valence-electron chi connectivity index (χ1n) is 9.98. The number of aryl methyl sites for hydroxylation is 2. The number of anilines is 2. The van der Waals surface area contributed by atoms with Gasteiger partial charge in [-0.2, -0.15) is 0 Å². The minimum Gasteiger partial charge on any atom is -0.507 e. The van der Waals surface area contributed by atoms with Gasteiger partial charge in [0.2, 0.25) is 0 Å². The van der Waals surface area contributed by atoms with Crippen LogP contribution in [-0.4, -0.2) is 21.1 Å². The average Bonchev–Trinajstić information content (AvgIpc) is 2.78. The van der Waals surface area contributed by atoms with Crippen LogP contribution >= 0.6 is 11.6 Å². The zero-order valence-corrected chi connectivity index (χ0v) is 18.4. The van der Waals surface area contributed by atoms with Gasteiger partial charge in [-0.25, -0.2) is 9.78 Å². The summed E-state index contributed by atoms with van der Waals surface area (Å²) >= 11 is 6.20. The number of urea groups is 1. The van der Waals surface area contributed by atoms with E-state index in [1.165, 1.54) is 6.20 Å². The lowest BCUT2D eigenvalue weighted by atomic mass is 9.99. The van der Waals surface area contributed by atoms with E-state index < -0.39 is 6.03 Å². The van der Waals surface area contributed by atoms with Gasteiger partial charge in [-0.15, -0.1) is 0 Å². The molecule has 2 amide bonds. The second-order valence-electron chi connectivity index (χ2n) is 7.47. The summed E-state index contributed by atoms with van der Waals surface area (Å²) in [7, 11) is 0. The summed E-state index contributed by atoms with van der Waals surface area (Å²) in [6.45, 7) is 3.97. The quantitative estimate of drug-likeness (QED) is 0.335. The molecular formula is C24H22ClN5O2. The normalized spacial score (nSPS) is 10.9. The first-order chi connectivity index (χ1) is 15.4. The van der Waals surface area contributed by atoms with E-state index in [0.29, 0.717) is 33.3 Å². The van der Waals surface area contributed by atoms with Gasteiger partial charge >= 0.3 is 6.03 Å². The minimum atomic E-state index is -0.498. The van der Waals surface area contributed by atoms with Crippen molar-refractivity contribution in [2.75, 3.05) is 10.6 Å². The molecule has 0 spiro atoms. The van der Waals surface area contributed by atoms with E-state index in [4.69, 9.17) is 17.3 Å². The molecule has 0 radical (unpaired) electrons. The molecule has 0 bridgehead atoms. The Balaban J connectivity index is 1.60. The summed E-state index contributed by atoms with van der Waals surface area (Å²) in [5.74, 6) is 0.592. The fraction of sp³-hybridized carbons (Fsp3) is 0.125. The van der Waals surface area contributed by atoms with Crippen molar-refractivity contribution >= 4 is 40.2 Å². The number of nitrogens with one attached hydrogen (secondary N) is 2. The molecule has 4 rings (SSSR count). The largest absolute Gasteiger partial charge is 0.507 e. The first kappa shape index (κ1) is 21.5. The van der Waals surface area contributed by atoms with Crippen molar-refractivity contribution in [2.24, 2.45) is 5.73 Å². The van der Waals surface area contributed by atoms with Crippen LogP contribution in [-0.2, 0) is 6.54 Å². The third-order valence-electron chi connectivity index (χ3n) is 5.17. The summed E-state index contributed by atoms with van der Waals surface area (Å²) in [4.78, 5) is 21.4. The SMILES string of the molecule is Cc1cc(-c2ccc3ncc(NC(=O)Nc4c(Cl)cccc4CN)nc3c2)cc(C)c1O. The number of nitrogens with two attached hydrogens (primary N) is 1. The highest BCUT2D eigenvalue weighted by Crippen LogP contribution is 2.30. The van der Waals surface area contributed by atoms with Gasteiger partial charge < -0.3 is 16.2 Å². The van der Waals surface area contributed by atoms with Crippen LogP contribution in [0.15, 0.2) is 54.7 Å². The molecule has 0 aliphatic rings. The van der Waals surface area contributed by atoms with E-state index in [1.807, 2.05) is 44.2 Å². The second kappa shape index (κ2) is 8.82. The molecular weight excluding hydrogens is 426 g/mol. The molecule has 3 aromatic carbocycles. The molecule has 0 unspecified atom stereocenters. The number of halogens is 1. The summed E-state index contributed by atoms with van der Waals surface area (Å²) in [5, 5.41) is 15.9. The van der Waals surface area contributed by atoms with Crippen molar-refractivity contribution in [2.45, 2.75) is 20.4 Å². The van der Waals surface area contributed by atoms with Crippen LogP contribution in [0.5, 0.6) is 5.75 Å². The summed E-state index contributed by atoms with van der Waals surface area (Å²) in [6.07, 6.45) is 1.49. The van der Waals surface area contributed by atoms with Crippen LogP contribution in [0.4, 0.5) is 16.3 Å². The van der Waals surface area contributed by atoms with Gasteiger partial charge in [-0.3, -0.25) is 10.3 Å². The van der Waals surface area contributed by atoms with Gasteiger partial charge in [-0.05, 0) is 72.0 Å². The maximum Gasteiger partial charge on any atom is 0.324 e. The molecule has 32 heavy (non-hydrogen) atoms. The number of para-hydroxylation sites is 1. The highest BCUT2D eigenvalue weighted by atomic mass is 35.5. The number of rotatable bonds is 4. The highest BCUT2D eigenvalue weighted by molar-refractivity contribution is 6.34. The predicted octanol–water partition coefficient (Wildman–Crippen LogP) is 5.38. The zero-order valence-electron chi connectivity index (χ0n) is 17.6. The molecule has 8 heteroatoms. The van der Waals surface area contributed by atoms with Gasteiger partial charge in [0.15, 0.2) is 5.82 Å². The molecule has 1 heterocycles. The van der Waals surface area contributed by atoms with E-state index in [-0.39, 0.29) is 6.54 Å². The lowest BCUT2D eigenvalue weighted by Crippen LogP contribution is -2.21. The van der Waals surface area contributed by atoms with Crippen LogP contribution in [0.1, 0.15) is 16.7 Å². The molecule has 1 aromatic heterocycles. The molecule has 0 fully saturated rings. The third kappa shape index (κ3) is 4.34.